The molecule has 2 aromatic rings. The van der Waals surface area contributed by atoms with Gasteiger partial charge in [-0.1, -0.05) is 12.1 Å². The van der Waals surface area contributed by atoms with E-state index in [9.17, 15) is 0 Å². The van der Waals surface area contributed by atoms with E-state index in [0.717, 1.165) is 12.2 Å². The van der Waals surface area contributed by atoms with Crippen LogP contribution in [0.25, 0.3) is 11.6 Å². The SMILES string of the molecule is CC1CC1c1noc(-c2nccnc2N)n1. The van der Waals surface area contributed by atoms with Crippen LogP contribution in [-0.2, 0) is 0 Å². The molecule has 2 aromatic heterocycles. The summed E-state index contributed by atoms with van der Waals surface area (Å²) in [6.07, 6.45) is 4.20. The molecule has 2 unspecified atom stereocenters. The number of nitrogens with zero attached hydrogens (tertiary/aromatic N) is 4. The molecule has 0 spiro atoms. The van der Waals surface area contributed by atoms with Crippen LogP contribution in [0.2, 0.25) is 0 Å². The van der Waals surface area contributed by atoms with Crippen LogP contribution >= 0.6 is 0 Å². The predicted octanol–water partition coefficient (Wildman–Crippen LogP) is 1.23. The molecule has 2 N–H and O–H groups in total. The van der Waals surface area contributed by atoms with Gasteiger partial charge in [-0.3, -0.25) is 0 Å². The zero-order valence-corrected chi connectivity index (χ0v) is 8.79. The lowest BCUT2D eigenvalue weighted by molar-refractivity contribution is 0.421. The van der Waals surface area contributed by atoms with E-state index < -0.39 is 0 Å². The molecule has 1 saturated carbocycles. The molecule has 16 heavy (non-hydrogen) atoms. The second-order valence-electron chi connectivity index (χ2n) is 4.07. The smallest absolute Gasteiger partial charge is 0.280 e. The van der Waals surface area contributed by atoms with Crippen LogP contribution in [-0.4, -0.2) is 20.1 Å². The summed E-state index contributed by atoms with van der Waals surface area (Å²) in [7, 11) is 0. The van der Waals surface area contributed by atoms with Crippen LogP contribution in [0.5, 0.6) is 0 Å². The second kappa shape index (κ2) is 3.26. The van der Waals surface area contributed by atoms with Gasteiger partial charge < -0.3 is 10.3 Å². The van der Waals surface area contributed by atoms with Crippen LogP contribution < -0.4 is 5.73 Å². The van der Waals surface area contributed by atoms with Gasteiger partial charge in [0.15, 0.2) is 17.3 Å². The summed E-state index contributed by atoms with van der Waals surface area (Å²) < 4.78 is 5.14. The second-order valence-corrected chi connectivity index (χ2v) is 4.07. The van der Waals surface area contributed by atoms with Crippen molar-refractivity contribution in [3.63, 3.8) is 0 Å². The molecule has 0 radical (unpaired) electrons. The van der Waals surface area contributed by atoms with E-state index in [2.05, 4.69) is 27.0 Å². The van der Waals surface area contributed by atoms with Gasteiger partial charge in [-0.05, 0) is 12.3 Å². The summed E-state index contributed by atoms with van der Waals surface area (Å²) in [5, 5.41) is 3.94. The molecular formula is C10H11N5O. The Kier molecular flexibility index (Phi) is 1.89. The number of hydrogen-bond acceptors (Lipinski definition) is 6. The van der Waals surface area contributed by atoms with Gasteiger partial charge in [0.05, 0.1) is 0 Å². The lowest BCUT2D eigenvalue weighted by Crippen LogP contribution is -1.96. The van der Waals surface area contributed by atoms with Gasteiger partial charge in [0.2, 0.25) is 0 Å². The van der Waals surface area contributed by atoms with Crippen LogP contribution in [0.15, 0.2) is 16.9 Å². The molecule has 82 valence electrons. The lowest BCUT2D eigenvalue weighted by Gasteiger charge is -1.95. The average Bonchev–Trinajstić information content (AvgIpc) is 2.82. The van der Waals surface area contributed by atoms with Crippen molar-refractivity contribution in [2.45, 2.75) is 19.3 Å². The maximum atomic E-state index is 5.68. The first kappa shape index (κ1) is 9.26. The van der Waals surface area contributed by atoms with E-state index >= 15 is 0 Å². The van der Waals surface area contributed by atoms with Crippen molar-refractivity contribution in [1.29, 1.82) is 0 Å². The fourth-order valence-electron chi connectivity index (χ4n) is 1.68. The van der Waals surface area contributed by atoms with Gasteiger partial charge in [-0.25, -0.2) is 9.97 Å². The van der Waals surface area contributed by atoms with E-state index in [-0.39, 0.29) is 0 Å². The highest BCUT2D eigenvalue weighted by Crippen LogP contribution is 2.45. The molecule has 0 aromatic carbocycles. The fourth-order valence-corrected chi connectivity index (χ4v) is 1.68. The minimum atomic E-state index is 0.307. The first-order valence-corrected chi connectivity index (χ1v) is 5.16. The molecule has 0 bridgehead atoms. The maximum Gasteiger partial charge on any atom is 0.280 e. The monoisotopic (exact) mass is 217 g/mol. The van der Waals surface area contributed by atoms with E-state index in [1.165, 1.54) is 6.20 Å². The molecule has 6 nitrogen and oxygen atoms in total. The van der Waals surface area contributed by atoms with Crippen molar-refractivity contribution >= 4 is 5.82 Å². The molecule has 0 amide bonds. The zero-order valence-electron chi connectivity index (χ0n) is 8.79. The summed E-state index contributed by atoms with van der Waals surface area (Å²) in [4.78, 5) is 12.3. The Morgan fingerprint density at radius 2 is 2.12 bits per heavy atom. The standard InChI is InChI=1S/C10H11N5O/c1-5-4-6(5)9-14-10(16-15-9)7-8(11)13-3-2-12-7/h2-3,5-6H,4H2,1H3,(H2,11,13). The summed E-state index contributed by atoms with van der Waals surface area (Å²) in [6, 6.07) is 0. The van der Waals surface area contributed by atoms with Gasteiger partial charge in [0, 0.05) is 18.3 Å². The third-order valence-electron chi connectivity index (χ3n) is 2.81. The zero-order chi connectivity index (χ0) is 11.1. The molecule has 0 saturated heterocycles. The molecule has 0 aliphatic heterocycles. The minimum Gasteiger partial charge on any atom is -0.382 e. The van der Waals surface area contributed by atoms with Crippen molar-refractivity contribution in [3.05, 3.63) is 18.2 Å². The number of hydrogen-bond donors (Lipinski definition) is 1. The molecular weight excluding hydrogens is 206 g/mol. The van der Waals surface area contributed by atoms with Crippen molar-refractivity contribution in [3.8, 4) is 11.6 Å². The van der Waals surface area contributed by atoms with Gasteiger partial charge in [0.25, 0.3) is 5.89 Å². The van der Waals surface area contributed by atoms with Crippen LogP contribution in [0.3, 0.4) is 0 Å². The molecule has 6 heteroatoms. The predicted molar refractivity (Wildman–Crippen MR) is 56.3 cm³/mol. The van der Waals surface area contributed by atoms with Gasteiger partial charge in [-0.2, -0.15) is 4.98 Å². The highest BCUT2D eigenvalue weighted by molar-refractivity contribution is 5.61. The number of aromatic nitrogens is 4. The first-order valence-electron chi connectivity index (χ1n) is 5.16. The van der Waals surface area contributed by atoms with Gasteiger partial charge in [-0.15, -0.1) is 0 Å². The maximum absolute atomic E-state index is 5.68. The van der Waals surface area contributed by atoms with E-state index in [4.69, 9.17) is 10.3 Å². The first-order chi connectivity index (χ1) is 7.75. The average molecular weight is 217 g/mol. The van der Waals surface area contributed by atoms with Crippen molar-refractivity contribution in [1.82, 2.24) is 20.1 Å². The normalized spacial score (nSPS) is 23.3. The van der Waals surface area contributed by atoms with Crippen molar-refractivity contribution in [2.75, 3.05) is 5.73 Å². The Morgan fingerprint density at radius 1 is 1.38 bits per heavy atom. The Balaban J connectivity index is 1.95. The molecule has 3 rings (SSSR count). The van der Waals surface area contributed by atoms with Crippen molar-refractivity contribution in [2.24, 2.45) is 5.92 Å². The van der Waals surface area contributed by atoms with Crippen LogP contribution in [0.4, 0.5) is 5.82 Å². The third-order valence-corrected chi connectivity index (χ3v) is 2.81. The molecule has 1 aliphatic carbocycles. The number of rotatable bonds is 2. The molecule has 2 atom stereocenters. The highest BCUT2D eigenvalue weighted by Gasteiger charge is 2.38. The third kappa shape index (κ3) is 1.42. The summed E-state index contributed by atoms with van der Waals surface area (Å²) in [5.41, 5.74) is 6.13. The van der Waals surface area contributed by atoms with Crippen molar-refractivity contribution < 1.29 is 4.52 Å². The number of anilines is 1. The molecule has 2 heterocycles. The van der Waals surface area contributed by atoms with Crippen LogP contribution in [0, 0.1) is 5.92 Å². The minimum absolute atomic E-state index is 0.307. The fraction of sp³-hybridized carbons (Fsp3) is 0.400. The van der Waals surface area contributed by atoms with E-state index in [1.54, 1.807) is 6.20 Å². The summed E-state index contributed by atoms with van der Waals surface area (Å²) in [5.74, 6) is 2.47. The largest absolute Gasteiger partial charge is 0.382 e. The Bertz CT molecular complexity index is 523. The summed E-state index contributed by atoms with van der Waals surface area (Å²) in [6.45, 7) is 2.16. The van der Waals surface area contributed by atoms with Gasteiger partial charge in [0.1, 0.15) is 0 Å². The quantitative estimate of drug-likeness (QED) is 0.813. The topological polar surface area (TPSA) is 90.7 Å². The van der Waals surface area contributed by atoms with E-state index in [1.807, 2.05) is 0 Å². The van der Waals surface area contributed by atoms with Crippen LogP contribution in [0.1, 0.15) is 25.1 Å². The summed E-state index contributed by atoms with van der Waals surface area (Å²) >= 11 is 0. The van der Waals surface area contributed by atoms with Gasteiger partial charge >= 0.3 is 0 Å². The number of nitrogens with two attached hydrogens (primary N) is 1. The molecule has 1 fully saturated rings. The number of nitrogen functional groups attached to an aromatic ring is 1. The highest BCUT2D eigenvalue weighted by atomic mass is 16.5. The molecule has 1 aliphatic rings. The Morgan fingerprint density at radius 3 is 2.81 bits per heavy atom. The Hall–Kier alpha value is -1.98. The Labute approximate surface area is 91.9 Å². The lowest BCUT2D eigenvalue weighted by atomic mass is 10.3. The van der Waals surface area contributed by atoms with E-state index in [0.29, 0.717) is 29.2 Å².